The van der Waals surface area contributed by atoms with Crippen molar-refractivity contribution in [1.82, 2.24) is 9.47 Å². The summed E-state index contributed by atoms with van der Waals surface area (Å²) in [4.78, 5) is 40.6. The molecule has 37 heavy (non-hydrogen) atoms. The molecular weight excluding hydrogens is 474 g/mol. The van der Waals surface area contributed by atoms with Gasteiger partial charge in [-0.05, 0) is 60.9 Å². The fraction of sp³-hybridized carbons (Fsp3) is 0.296. The van der Waals surface area contributed by atoms with Gasteiger partial charge < -0.3 is 34.9 Å². The average molecular weight is 504 g/mol. The zero-order valence-electron chi connectivity index (χ0n) is 20.7. The zero-order chi connectivity index (χ0) is 25.9. The number of ether oxygens (including phenoxy) is 2. The fourth-order valence-electron chi connectivity index (χ4n) is 5.11. The van der Waals surface area contributed by atoms with Crippen LogP contribution in [0.2, 0.25) is 0 Å². The largest absolute Gasteiger partial charge is 0.497 e. The molecule has 1 saturated heterocycles. The number of nitrogens with one attached hydrogen (secondary N) is 3. The number of methoxy groups -OCH3 is 2. The van der Waals surface area contributed by atoms with Crippen molar-refractivity contribution >= 4 is 29.1 Å². The van der Waals surface area contributed by atoms with Crippen molar-refractivity contribution in [3.05, 3.63) is 76.7 Å². The normalized spacial score (nSPS) is 17.8. The van der Waals surface area contributed by atoms with Crippen LogP contribution in [0.25, 0.3) is 0 Å². The summed E-state index contributed by atoms with van der Waals surface area (Å²) in [7, 11) is 3.12. The molecule has 192 valence electrons. The number of fused-ring (bicyclic) bond motifs is 4. The first-order chi connectivity index (χ1) is 17.9. The second kappa shape index (κ2) is 10.3. The van der Waals surface area contributed by atoms with Crippen LogP contribution in [0.3, 0.4) is 0 Å². The van der Waals surface area contributed by atoms with Crippen molar-refractivity contribution in [2.45, 2.75) is 18.9 Å². The van der Waals surface area contributed by atoms with Gasteiger partial charge in [0.1, 0.15) is 17.2 Å². The Balaban J connectivity index is 1.27. The highest BCUT2D eigenvalue weighted by Crippen LogP contribution is 2.35. The number of anilines is 3. The number of para-hydroxylation sites is 2. The monoisotopic (exact) mass is 503 g/mol. The van der Waals surface area contributed by atoms with E-state index in [0.29, 0.717) is 36.8 Å². The van der Waals surface area contributed by atoms with E-state index in [1.165, 1.54) is 7.11 Å². The van der Waals surface area contributed by atoms with E-state index < -0.39 is 6.03 Å². The fourth-order valence-corrected chi connectivity index (χ4v) is 5.11. The highest BCUT2D eigenvalue weighted by Gasteiger charge is 2.36. The Morgan fingerprint density at radius 2 is 1.59 bits per heavy atom. The van der Waals surface area contributed by atoms with E-state index in [-0.39, 0.29) is 29.1 Å². The highest BCUT2D eigenvalue weighted by molar-refractivity contribution is 6.00. The molecule has 10 nitrogen and oxygen atoms in total. The summed E-state index contributed by atoms with van der Waals surface area (Å²) < 4.78 is 12.2. The third kappa shape index (κ3) is 5.09. The minimum absolute atomic E-state index is 0.0401. The minimum atomic E-state index is -0.528. The summed E-state index contributed by atoms with van der Waals surface area (Å²) in [6.45, 7) is 1.55. The maximum Gasteiger partial charge on any atom is 0.323 e. The van der Waals surface area contributed by atoms with Crippen LogP contribution in [0.4, 0.5) is 26.7 Å². The van der Waals surface area contributed by atoms with E-state index in [9.17, 15) is 14.4 Å². The number of likely N-dealkylation sites (tertiary alicyclic amines) is 1. The molecule has 3 heterocycles. The van der Waals surface area contributed by atoms with Crippen LogP contribution in [0.5, 0.6) is 11.5 Å². The lowest BCUT2D eigenvalue weighted by atomic mass is 9.83. The van der Waals surface area contributed by atoms with Crippen molar-refractivity contribution in [3.63, 3.8) is 0 Å². The summed E-state index contributed by atoms with van der Waals surface area (Å²) >= 11 is 0. The number of hydrogen-bond acceptors (Lipinski definition) is 5. The maximum atomic E-state index is 13.3. The van der Waals surface area contributed by atoms with Crippen LogP contribution in [0, 0.1) is 5.92 Å². The van der Waals surface area contributed by atoms with Crippen LogP contribution in [-0.4, -0.2) is 48.8 Å². The Morgan fingerprint density at radius 1 is 0.838 bits per heavy atom. The molecule has 3 N–H and O–H groups in total. The number of carbonyl (C=O) groups is 2. The smallest absolute Gasteiger partial charge is 0.323 e. The number of hydrogen-bond donors (Lipinski definition) is 3. The van der Waals surface area contributed by atoms with Gasteiger partial charge in [-0.25, -0.2) is 9.59 Å². The quantitative estimate of drug-likeness (QED) is 0.484. The van der Waals surface area contributed by atoms with Crippen LogP contribution >= 0.6 is 0 Å². The Hall–Kier alpha value is -4.47. The van der Waals surface area contributed by atoms with E-state index in [2.05, 4.69) is 16.0 Å². The molecule has 10 heteroatoms. The molecule has 2 bridgehead atoms. The van der Waals surface area contributed by atoms with Crippen molar-refractivity contribution in [2.24, 2.45) is 5.92 Å². The standard InChI is InChI=1S/C27H29N5O5/c1-36-20-9-7-19(8-10-20)28-27(35)31-14-17-13-18(16-31)23-12-11-22(25(33)32(23)15-17)30-26(34)29-21-5-3-4-6-24(21)37-2/h3-12,17-18H,13-16H2,1-2H3,(H,28,35)(H2,29,30,34)/t17-,18+/m0/s1. The molecule has 0 saturated carbocycles. The van der Waals surface area contributed by atoms with Gasteiger partial charge >= 0.3 is 12.1 Å². The second-order valence-corrected chi connectivity index (χ2v) is 9.23. The van der Waals surface area contributed by atoms with Gasteiger partial charge in [-0.1, -0.05) is 12.1 Å². The average Bonchev–Trinajstić information content (AvgIpc) is 2.91. The van der Waals surface area contributed by atoms with Gasteiger partial charge in [0.15, 0.2) is 0 Å². The molecule has 5 rings (SSSR count). The van der Waals surface area contributed by atoms with Gasteiger partial charge in [-0.15, -0.1) is 0 Å². The van der Waals surface area contributed by atoms with Crippen molar-refractivity contribution in [3.8, 4) is 11.5 Å². The molecular formula is C27H29N5O5. The van der Waals surface area contributed by atoms with Crippen LogP contribution in [-0.2, 0) is 6.54 Å². The zero-order valence-corrected chi connectivity index (χ0v) is 20.7. The second-order valence-electron chi connectivity index (χ2n) is 9.23. The number of carbonyl (C=O) groups excluding carboxylic acids is 2. The molecule has 3 aromatic rings. The Morgan fingerprint density at radius 3 is 2.35 bits per heavy atom. The third-order valence-electron chi connectivity index (χ3n) is 6.84. The summed E-state index contributed by atoms with van der Waals surface area (Å²) in [6, 6.07) is 17.0. The SMILES string of the molecule is COc1ccc(NC(=O)N2C[C@@H]3C[C@H](C2)c2ccc(NC(=O)Nc4ccccc4OC)c(=O)n2C3)cc1. The lowest BCUT2D eigenvalue weighted by Crippen LogP contribution is -2.50. The number of pyridine rings is 1. The predicted octanol–water partition coefficient (Wildman–Crippen LogP) is 4.16. The summed E-state index contributed by atoms with van der Waals surface area (Å²) in [5.74, 6) is 1.42. The van der Waals surface area contributed by atoms with Crippen molar-refractivity contribution in [2.75, 3.05) is 43.3 Å². The lowest BCUT2D eigenvalue weighted by molar-refractivity contribution is 0.139. The highest BCUT2D eigenvalue weighted by atomic mass is 16.5. The first-order valence-corrected chi connectivity index (χ1v) is 12.1. The molecule has 0 aliphatic carbocycles. The molecule has 0 spiro atoms. The number of benzene rings is 2. The minimum Gasteiger partial charge on any atom is -0.497 e. The first kappa shape index (κ1) is 24.2. The van der Waals surface area contributed by atoms with Crippen LogP contribution in [0.15, 0.2) is 65.5 Å². The predicted molar refractivity (Wildman–Crippen MR) is 141 cm³/mol. The first-order valence-electron chi connectivity index (χ1n) is 12.1. The molecule has 2 aliphatic heterocycles. The number of aromatic nitrogens is 1. The third-order valence-corrected chi connectivity index (χ3v) is 6.84. The number of amides is 4. The molecule has 0 unspecified atom stereocenters. The Labute approximate surface area is 214 Å². The summed E-state index contributed by atoms with van der Waals surface area (Å²) in [6.07, 6.45) is 0.910. The molecule has 2 aromatic carbocycles. The molecule has 2 atom stereocenters. The van der Waals surface area contributed by atoms with Crippen molar-refractivity contribution in [1.29, 1.82) is 0 Å². The molecule has 2 aliphatic rings. The molecule has 4 amide bonds. The van der Waals surface area contributed by atoms with Crippen LogP contribution in [0.1, 0.15) is 18.0 Å². The van der Waals surface area contributed by atoms with Crippen molar-refractivity contribution < 1.29 is 19.1 Å². The summed E-state index contributed by atoms with van der Waals surface area (Å²) in [5.41, 5.74) is 2.02. The molecule has 1 aromatic heterocycles. The number of nitrogens with zero attached hydrogens (tertiary/aromatic N) is 2. The molecule has 0 radical (unpaired) electrons. The van der Waals surface area contributed by atoms with Gasteiger partial charge in [0.05, 0.1) is 19.9 Å². The van der Waals surface area contributed by atoms with Gasteiger partial charge in [0.2, 0.25) is 0 Å². The Kier molecular flexibility index (Phi) is 6.72. The van der Waals surface area contributed by atoms with E-state index in [1.807, 2.05) is 11.0 Å². The van der Waals surface area contributed by atoms with Gasteiger partial charge in [-0.2, -0.15) is 0 Å². The number of piperidine rings is 1. The van der Waals surface area contributed by atoms with E-state index in [4.69, 9.17) is 9.47 Å². The maximum absolute atomic E-state index is 13.3. The van der Waals surface area contributed by atoms with Gasteiger partial charge in [-0.3, -0.25) is 4.79 Å². The van der Waals surface area contributed by atoms with Crippen LogP contribution < -0.4 is 31.0 Å². The number of rotatable bonds is 5. The molecule has 1 fully saturated rings. The van der Waals surface area contributed by atoms with Gasteiger partial charge in [0, 0.05) is 36.9 Å². The lowest BCUT2D eigenvalue weighted by Gasteiger charge is -2.42. The topological polar surface area (TPSA) is 114 Å². The Bertz CT molecular complexity index is 1370. The van der Waals surface area contributed by atoms with E-state index in [0.717, 1.165) is 17.9 Å². The van der Waals surface area contributed by atoms with E-state index >= 15 is 0 Å². The van der Waals surface area contributed by atoms with E-state index in [1.54, 1.807) is 66.3 Å². The van der Waals surface area contributed by atoms with Gasteiger partial charge in [0.25, 0.3) is 5.56 Å². The summed E-state index contributed by atoms with van der Waals surface area (Å²) in [5, 5.41) is 8.33. The number of urea groups is 2.